The first kappa shape index (κ1) is 67.6. The lowest BCUT2D eigenvalue weighted by molar-refractivity contribution is -0.144. The van der Waals surface area contributed by atoms with E-state index in [-0.39, 0.29) is 69.3 Å². The van der Waals surface area contributed by atoms with Crippen molar-refractivity contribution < 1.29 is 47.9 Å². The van der Waals surface area contributed by atoms with Gasteiger partial charge in [-0.15, -0.1) is 0 Å². The molecule has 0 aliphatic heterocycles. The Morgan fingerprint density at radius 3 is 1.02 bits per heavy atom. The fourth-order valence-corrected chi connectivity index (χ4v) is 4.28. The molecule has 0 rings (SSSR count). The number of ketones is 1. The zero-order valence-electron chi connectivity index (χ0n) is 32.3. The van der Waals surface area contributed by atoms with E-state index in [1.165, 1.54) is 35.2 Å². The first-order valence-electron chi connectivity index (χ1n) is 13.9. The predicted octanol–water partition coefficient (Wildman–Crippen LogP) is 0.791. The summed E-state index contributed by atoms with van der Waals surface area (Å²) < 4.78 is 24.9. The second kappa shape index (κ2) is 38.9. The van der Waals surface area contributed by atoms with E-state index in [4.69, 9.17) is 5.11 Å². The van der Waals surface area contributed by atoms with Crippen molar-refractivity contribution >= 4 is 70.5 Å². The van der Waals surface area contributed by atoms with Crippen molar-refractivity contribution in [3.05, 3.63) is 11.3 Å². The van der Waals surface area contributed by atoms with Crippen molar-refractivity contribution in [2.24, 2.45) is 11.8 Å². The number of aliphatic carboxylic acids is 1. The summed E-state index contributed by atoms with van der Waals surface area (Å²) in [6.07, 6.45) is 0. The Balaban J connectivity index is -0.0000000567. The molecule has 0 aromatic carbocycles. The summed E-state index contributed by atoms with van der Waals surface area (Å²) in [6.45, 7) is 17.5. The third-order valence-corrected chi connectivity index (χ3v) is 6.85. The largest absolute Gasteiger partial charge is 0.480 e. The number of allylic oxidation sites excluding steroid dienone is 1. The number of Topliss-reactive ketones (excluding diaryl/α,β-unsaturated/α-hetero) is 1. The van der Waals surface area contributed by atoms with Crippen LogP contribution in [0.1, 0.15) is 55.4 Å². The van der Waals surface area contributed by atoms with E-state index in [9.17, 15) is 28.5 Å². The van der Waals surface area contributed by atoms with Gasteiger partial charge in [0.05, 0.1) is 21.3 Å². The highest BCUT2D eigenvalue weighted by Gasteiger charge is 2.29. The van der Waals surface area contributed by atoms with E-state index in [2.05, 4.69) is 35.5 Å². The van der Waals surface area contributed by atoms with E-state index in [1.807, 2.05) is 41.5 Å². The first-order chi connectivity index (χ1) is 20.0. The Labute approximate surface area is 298 Å². The third kappa shape index (κ3) is 37.9. The molecule has 14 nitrogen and oxygen atoms in total. The smallest absolute Gasteiger partial charge is 0.354 e. The monoisotopic (exact) mass is 700 g/mol. The summed E-state index contributed by atoms with van der Waals surface area (Å²) >= 11 is 0. The van der Waals surface area contributed by atoms with Crippen LogP contribution in [0, 0.1) is 11.8 Å². The fourth-order valence-electron chi connectivity index (χ4n) is 3.04. The number of hydrogen-bond donors (Lipinski definition) is 5. The van der Waals surface area contributed by atoms with Crippen LogP contribution < -0.4 is 21.3 Å². The van der Waals surface area contributed by atoms with Crippen LogP contribution in [0.5, 0.6) is 0 Å². The van der Waals surface area contributed by atoms with E-state index >= 15 is 0 Å². The number of ether oxygens (including phenoxy) is 3. The quantitative estimate of drug-likeness (QED) is 0.0667. The molecule has 19 heteroatoms. The SMILES string of the molecule is CC(C)=O.CNC(C(=O)O)C(C)C.CNC(C(=O)OC)=C(C)C.CNC(C(=O)OC)C(C)C.CNC(C(=O)OC)P(C)(C)=O.[B].[B].[B].[B]. The molecule has 0 aliphatic rings. The maximum Gasteiger partial charge on any atom is 0.354 e. The molecule has 3 unspecified atom stereocenters. The molecule has 0 aromatic heterocycles. The lowest BCUT2D eigenvalue weighted by Crippen LogP contribution is -2.39. The number of rotatable bonds is 11. The van der Waals surface area contributed by atoms with Gasteiger partial charge in [-0.3, -0.25) is 9.59 Å². The molecule has 3 atom stereocenters. The molecule has 274 valence electrons. The van der Waals surface area contributed by atoms with Crippen LogP contribution in [0.4, 0.5) is 0 Å². The van der Waals surface area contributed by atoms with Gasteiger partial charge in [-0.2, -0.15) is 0 Å². The van der Waals surface area contributed by atoms with Crippen LogP contribution in [-0.2, 0) is 42.7 Å². The molecule has 0 aliphatic carbocycles. The molecule has 0 saturated heterocycles. The number of carboxylic acids is 1. The van der Waals surface area contributed by atoms with Crippen LogP contribution >= 0.6 is 7.14 Å². The van der Waals surface area contributed by atoms with Crippen LogP contribution in [0.15, 0.2) is 11.3 Å². The van der Waals surface area contributed by atoms with Gasteiger partial charge in [0, 0.05) is 40.7 Å². The Hall–Kier alpha value is -2.54. The highest BCUT2D eigenvalue weighted by Crippen LogP contribution is 2.41. The molecule has 0 spiro atoms. The standard InChI is InChI=1S/C7H15NO2.C7H13NO2.C6H14NO3P.C6H13NO2.C3H6O.4B/c2*1-5(2)6(8-3)7(9)10-4;1-7-5(6(8)10-2)11(3,4)9;1-4(2)5(7-3)6(8)9;1-3(2)4;;;;/h5-6,8H,1-4H3;8H,1-4H3;5,7H,1-4H3;4-5,7H,1-3H3,(H,8,9);1-2H3;;;;. The van der Waals surface area contributed by atoms with Crippen molar-refractivity contribution in [2.45, 2.75) is 73.3 Å². The predicted molar refractivity (Wildman–Crippen MR) is 198 cm³/mol. The molecule has 12 radical (unpaired) electrons. The van der Waals surface area contributed by atoms with Gasteiger partial charge in [-0.25, -0.2) is 9.59 Å². The highest BCUT2D eigenvalue weighted by molar-refractivity contribution is 7.64. The van der Waals surface area contributed by atoms with Gasteiger partial charge in [-0.05, 0) is 79.6 Å². The summed E-state index contributed by atoms with van der Waals surface area (Å²) in [4.78, 5) is 52.4. The van der Waals surface area contributed by atoms with Crippen molar-refractivity contribution in [1.29, 1.82) is 0 Å². The first-order valence-corrected chi connectivity index (χ1v) is 16.5. The number of hydrogen-bond acceptors (Lipinski definition) is 13. The summed E-state index contributed by atoms with van der Waals surface area (Å²) in [5.74, 6) is -1.86. The Kier molecular flexibility index (Phi) is 54.8. The van der Waals surface area contributed by atoms with Gasteiger partial charge in [0.1, 0.15) is 30.7 Å². The Bertz CT molecular complexity index is 930. The average molecular weight is 700 g/mol. The molecule has 48 heavy (non-hydrogen) atoms. The lowest BCUT2D eigenvalue weighted by Gasteiger charge is -2.17. The van der Waals surface area contributed by atoms with Gasteiger partial charge in [0.2, 0.25) is 0 Å². The average Bonchev–Trinajstić information content (AvgIpc) is 2.89. The minimum absolute atomic E-state index is 0. The number of methoxy groups -OCH3 is 3. The highest BCUT2D eigenvalue weighted by atomic mass is 31.2. The fraction of sp³-hybridized carbons (Fsp3) is 0.759. The van der Waals surface area contributed by atoms with Gasteiger partial charge in [0.15, 0.2) is 5.78 Å². The van der Waals surface area contributed by atoms with Crippen LogP contribution in [0.25, 0.3) is 0 Å². The summed E-state index contributed by atoms with van der Waals surface area (Å²) in [5.41, 5.74) is 1.46. The number of carbonyl (C=O) groups is 5. The molecule has 0 aromatic rings. The van der Waals surface area contributed by atoms with Gasteiger partial charge in [-0.1, -0.05) is 27.7 Å². The number of likely N-dealkylation sites (N-methyl/N-ethyl adjacent to an activating group) is 4. The Morgan fingerprint density at radius 1 is 0.625 bits per heavy atom. The topological polar surface area (TPSA) is 198 Å². The third-order valence-electron chi connectivity index (χ3n) is 5.14. The summed E-state index contributed by atoms with van der Waals surface area (Å²) in [5, 5.41) is 19.5. The Morgan fingerprint density at radius 2 is 0.958 bits per heavy atom. The zero-order valence-corrected chi connectivity index (χ0v) is 33.2. The molecule has 0 heterocycles. The van der Waals surface area contributed by atoms with E-state index in [1.54, 1.807) is 41.5 Å². The zero-order chi connectivity index (χ0) is 36.4. The van der Waals surface area contributed by atoms with Gasteiger partial charge in [0.25, 0.3) is 0 Å². The normalized spacial score (nSPS) is 10.9. The second-order valence-electron chi connectivity index (χ2n) is 10.6. The number of esters is 3. The number of carboxylic acid groups (broad SMARTS) is 1. The van der Waals surface area contributed by atoms with Crippen molar-refractivity contribution in [3.63, 3.8) is 0 Å². The summed E-state index contributed by atoms with van der Waals surface area (Å²) in [6, 6.07) is -0.588. The number of nitrogens with one attached hydrogen (secondary N) is 4. The molecule has 5 N–H and O–H groups in total. The van der Waals surface area contributed by atoms with Crippen molar-refractivity contribution in [3.8, 4) is 0 Å². The van der Waals surface area contributed by atoms with Crippen molar-refractivity contribution in [2.75, 3.05) is 62.8 Å². The van der Waals surface area contributed by atoms with Gasteiger partial charge >= 0.3 is 23.9 Å². The molecule has 0 amide bonds. The maximum atomic E-state index is 11.4. The molecular weight excluding hydrogens is 639 g/mol. The van der Waals surface area contributed by atoms with Crippen LogP contribution in [0.3, 0.4) is 0 Å². The van der Waals surface area contributed by atoms with E-state index in [0.29, 0.717) is 5.70 Å². The molecule has 0 fully saturated rings. The second-order valence-corrected chi connectivity index (χ2v) is 13.9. The molecule has 0 bridgehead atoms. The van der Waals surface area contributed by atoms with Crippen LogP contribution in [0.2, 0.25) is 0 Å². The summed E-state index contributed by atoms with van der Waals surface area (Å²) in [7, 11) is 8.29. The minimum Gasteiger partial charge on any atom is -0.480 e. The molecular formula is C29H61B4N4O10P. The minimum atomic E-state index is -2.43. The maximum absolute atomic E-state index is 11.4. The number of carbonyl (C=O) groups excluding carboxylic acids is 4. The van der Waals surface area contributed by atoms with Gasteiger partial charge < -0.3 is 49.9 Å². The lowest BCUT2D eigenvalue weighted by atomic mass is 10.1. The van der Waals surface area contributed by atoms with E-state index in [0.717, 1.165) is 5.57 Å². The van der Waals surface area contributed by atoms with Crippen LogP contribution in [-0.4, -0.2) is 149 Å². The molecule has 0 saturated carbocycles. The van der Waals surface area contributed by atoms with E-state index < -0.39 is 30.9 Å². The van der Waals surface area contributed by atoms with Crippen molar-refractivity contribution in [1.82, 2.24) is 21.3 Å².